The molecule has 0 saturated heterocycles. The summed E-state index contributed by atoms with van der Waals surface area (Å²) < 4.78 is 6.01. The number of hydrogen-bond donors (Lipinski definition) is 4. The number of para-hydroxylation sites is 1. The van der Waals surface area contributed by atoms with Crippen LogP contribution in [0, 0.1) is 0 Å². The molecule has 0 fully saturated rings. The number of carbonyl (C=O) groups excluding carboxylic acids is 1. The Morgan fingerprint density at radius 2 is 1.94 bits per heavy atom. The second-order valence-corrected chi connectivity index (χ2v) is 8.96. The minimum atomic E-state index is -0.161. The third-order valence-electron chi connectivity index (χ3n) is 6.40. The van der Waals surface area contributed by atoms with Gasteiger partial charge in [-0.3, -0.25) is 9.78 Å². The molecule has 7 heteroatoms. The summed E-state index contributed by atoms with van der Waals surface area (Å²) in [6.07, 6.45) is 11.8. The van der Waals surface area contributed by atoms with E-state index in [4.69, 9.17) is 10.5 Å². The predicted molar refractivity (Wildman–Crippen MR) is 142 cm³/mol. The van der Waals surface area contributed by atoms with Crippen LogP contribution < -0.4 is 15.8 Å². The van der Waals surface area contributed by atoms with Crippen LogP contribution in [0.5, 0.6) is 5.75 Å². The molecule has 1 unspecified atom stereocenters. The summed E-state index contributed by atoms with van der Waals surface area (Å²) in [7, 11) is 0. The normalized spacial score (nSPS) is 14.7. The first-order valence-corrected chi connectivity index (χ1v) is 11.8. The lowest BCUT2D eigenvalue weighted by atomic mass is 9.99. The highest BCUT2D eigenvalue weighted by atomic mass is 16.5. The number of amides is 1. The van der Waals surface area contributed by atoms with Gasteiger partial charge in [-0.15, -0.1) is 0 Å². The van der Waals surface area contributed by atoms with Gasteiger partial charge in [-0.05, 0) is 59.5 Å². The third kappa shape index (κ3) is 4.28. The van der Waals surface area contributed by atoms with Crippen molar-refractivity contribution in [2.75, 3.05) is 11.9 Å². The summed E-state index contributed by atoms with van der Waals surface area (Å²) in [5.41, 5.74) is 13.8. The molecule has 1 aliphatic heterocycles. The van der Waals surface area contributed by atoms with E-state index in [0.717, 1.165) is 33.5 Å². The molecule has 4 heterocycles. The molecule has 6 rings (SSSR count). The van der Waals surface area contributed by atoms with Crippen LogP contribution >= 0.6 is 0 Å². The summed E-state index contributed by atoms with van der Waals surface area (Å²) in [5, 5.41) is 4.12. The fraction of sp³-hybridized carbons (Fsp3) is 0.103. The van der Waals surface area contributed by atoms with Crippen molar-refractivity contribution in [3.63, 3.8) is 0 Å². The van der Waals surface area contributed by atoms with Gasteiger partial charge < -0.3 is 25.8 Å². The van der Waals surface area contributed by atoms with Crippen molar-refractivity contribution in [2.24, 2.45) is 5.73 Å². The maximum absolute atomic E-state index is 12.6. The number of H-pyrrole nitrogens is 2. The Hall–Kier alpha value is -4.62. The molecule has 0 saturated carbocycles. The van der Waals surface area contributed by atoms with Gasteiger partial charge in [-0.1, -0.05) is 24.3 Å². The van der Waals surface area contributed by atoms with Gasteiger partial charge >= 0.3 is 0 Å². The van der Waals surface area contributed by atoms with Crippen LogP contribution in [0.25, 0.3) is 33.7 Å². The fourth-order valence-corrected chi connectivity index (χ4v) is 4.60. The number of nitrogens with two attached hydrogens (primary N) is 1. The number of ether oxygens (including phenoxy) is 1. The van der Waals surface area contributed by atoms with Crippen molar-refractivity contribution in [2.45, 2.75) is 12.5 Å². The van der Waals surface area contributed by atoms with E-state index in [9.17, 15) is 4.79 Å². The average Bonchev–Trinajstić information content (AvgIpc) is 3.63. The maximum atomic E-state index is 12.6. The number of benzene rings is 2. The van der Waals surface area contributed by atoms with Crippen LogP contribution in [0.2, 0.25) is 0 Å². The quantitative estimate of drug-likeness (QED) is 0.248. The molecule has 1 atom stereocenters. The van der Waals surface area contributed by atoms with Gasteiger partial charge in [0, 0.05) is 64.1 Å². The van der Waals surface area contributed by atoms with Crippen molar-refractivity contribution in [3.05, 3.63) is 102 Å². The Morgan fingerprint density at radius 1 is 1.03 bits per heavy atom. The molecule has 3 aromatic heterocycles. The number of hydrogen-bond acceptors (Lipinski definition) is 4. The third-order valence-corrected chi connectivity index (χ3v) is 6.40. The second-order valence-electron chi connectivity index (χ2n) is 8.96. The number of fused-ring (bicyclic) bond motifs is 2. The van der Waals surface area contributed by atoms with Crippen molar-refractivity contribution in [1.29, 1.82) is 0 Å². The summed E-state index contributed by atoms with van der Waals surface area (Å²) in [6.45, 7) is 0.372. The SMILES string of the molecule is NC(COc1cncc(-c2ccc3c(c2)C(=Cc2cc[nH]c2)C(=O)N3)c1)Cc1c[nH]c2ccccc12. The number of rotatable bonds is 7. The fourth-order valence-electron chi connectivity index (χ4n) is 4.60. The number of nitrogens with one attached hydrogen (secondary N) is 3. The van der Waals surface area contributed by atoms with Gasteiger partial charge in [-0.2, -0.15) is 0 Å². The monoisotopic (exact) mass is 475 g/mol. The lowest BCUT2D eigenvalue weighted by molar-refractivity contribution is -0.110. The molecule has 2 aromatic carbocycles. The molecule has 5 N–H and O–H groups in total. The highest BCUT2D eigenvalue weighted by Crippen LogP contribution is 2.36. The maximum Gasteiger partial charge on any atom is 0.256 e. The predicted octanol–water partition coefficient (Wildman–Crippen LogP) is 5.00. The van der Waals surface area contributed by atoms with E-state index in [2.05, 4.69) is 32.4 Å². The minimum Gasteiger partial charge on any atom is -0.490 e. The molecule has 0 aliphatic carbocycles. The van der Waals surface area contributed by atoms with Crippen molar-refractivity contribution in [1.82, 2.24) is 15.0 Å². The first-order chi connectivity index (χ1) is 17.6. The van der Waals surface area contributed by atoms with E-state index in [1.807, 2.05) is 67.1 Å². The van der Waals surface area contributed by atoms with Gasteiger partial charge in [0.15, 0.2) is 0 Å². The highest BCUT2D eigenvalue weighted by molar-refractivity contribution is 6.35. The van der Waals surface area contributed by atoms with Crippen molar-refractivity contribution in [3.8, 4) is 16.9 Å². The molecule has 1 amide bonds. The molecule has 1 aliphatic rings. The number of pyridine rings is 1. The summed E-state index contributed by atoms with van der Waals surface area (Å²) in [5.74, 6) is 0.544. The second kappa shape index (κ2) is 9.20. The Morgan fingerprint density at radius 3 is 2.83 bits per heavy atom. The highest BCUT2D eigenvalue weighted by Gasteiger charge is 2.24. The Kier molecular flexibility index (Phi) is 5.59. The van der Waals surface area contributed by atoms with Gasteiger partial charge in [0.2, 0.25) is 0 Å². The van der Waals surface area contributed by atoms with Crippen molar-refractivity contribution < 1.29 is 9.53 Å². The molecular weight excluding hydrogens is 450 g/mol. The van der Waals surface area contributed by atoms with Gasteiger partial charge in [0.05, 0.1) is 6.20 Å². The van der Waals surface area contributed by atoms with E-state index >= 15 is 0 Å². The zero-order valence-electron chi connectivity index (χ0n) is 19.5. The number of aromatic nitrogens is 3. The van der Waals surface area contributed by atoms with Crippen LogP contribution in [-0.4, -0.2) is 33.5 Å². The zero-order valence-corrected chi connectivity index (χ0v) is 19.5. The molecule has 0 bridgehead atoms. The van der Waals surface area contributed by atoms with Crippen LogP contribution in [-0.2, 0) is 11.2 Å². The first-order valence-electron chi connectivity index (χ1n) is 11.8. The van der Waals surface area contributed by atoms with Crippen LogP contribution in [0.15, 0.2) is 85.6 Å². The van der Waals surface area contributed by atoms with Crippen LogP contribution in [0.4, 0.5) is 5.69 Å². The smallest absolute Gasteiger partial charge is 0.256 e. The van der Waals surface area contributed by atoms with Gasteiger partial charge in [0.25, 0.3) is 5.91 Å². The largest absolute Gasteiger partial charge is 0.490 e. The van der Waals surface area contributed by atoms with Crippen LogP contribution in [0.3, 0.4) is 0 Å². The Labute approximate surface area is 208 Å². The van der Waals surface area contributed by atoms with E-state index < -0.39 is 0 Å². The number of carbonyl (C=O) groups is 1. The Bertz CT molecular complexity index is 1580. The summed E-state index contributed by atoms with van der Waals surface area (Å²) in [6, 6.07) is 17.8. The molecule has 7 nitrogen and oxygen atoms in total. The lowest BCUT2D eigenvalue weighted by Gasteiger charge is -2.13. The molecule has 178 valence electrons. The standard InChI is InChI=1S/C29H25N5O2/c30-22(10-21-15-33-27-4-2-1-3-24(21)27)17-36-23-11-20(14-32-16-23)19-5-6-28-25(12-19)26(29(35)34-28)9-18-7-8-31-13-18/h1-9,11-16,22,31,33H,10,17,30H2,(H,34,35). The molecule has 36 heavy (non-hydrogen) atoms. The van der Waals surface area contributed by atoms with E-state index in [1.165, 1.54) is 10.9 Å². The zero-order chi connectivity index (χ0) is 24.5. The number of nitrogens with zero attached hydrogens (tertiary/aromatic N) is 1. The van der Waals surface area contributed by atoms with E-state index in [1.54, 1.807) is 12.4 Å². The first kappa shape index (κ1) is 21.9. The molecular formula is C29H25N5O2. The van der Waals surface area contributed by atoms with Crippen LogP contribution in [0.1, 0.15) is 16.7 Å². The summed E-state index contributed by atoms with van der Waals surface area (Å²) >= 11 is 0. The lowest BCUT2D eigenvalue weighted by Crippen LogP contribution is -2.30. The topological polar surface area (TPSA) is 109 Å². The number of aromatic amines is 2. The average molecular weight is 476 g/mol. The van der Waals surface area contributed by atoms with Crippen molar-refractivity contribution >= 4 is 34.1 Å². The number of anilines is 1. The molecule has 0 spiro atoms. The van der Waals surface area contributed by atoms with E-state index in [0.29, 0.717) is 24.4 Å². The summed E-state index contributed by atoms with van der Waals surface area (Å²) in [4.78, 5) is 23.2. The minimum absolute atomic E-state index is 0.109. The van der Waals surface area contributed by atoms with E-state index in [-0.39, 0.29) is 11.9 Å². The Balaban J connectivity index is 1.18. The molecule has 0 radical (unpaired) electrons. The van der Waals surface area contributed by atoms with Gasteiger partial charge in [0.1, 0.15) is 12.4 Å². The molecule has 5 aromatic rings. The van der Waals surface area contributed by atoms with Gasteiger partial charge in [-0.25, -0.2) is 0 Å².